The zero-order chi connectivity index (χ0) is 15.4. The minimum Gasteiger partial charge on any atom is -0.340 e. The van der Waals surface area contributed by atoms with Crippen LogP contribution in [0.5, 0.6) is 0 Å². The highest BCUT2D eigenvalue weighted by Gasteiger charge is 2.33. The van der Waals surface area contributed by atoms with Gasteiger partial charge in [-0.25, -0.2) is 0 Å². The molecule has 0 saturated carbocycles. The minimum atomic E-state index is 0. The van der Waals surface area contributed by atoms with Crippen molar-refractivity contribution in [2.24, 2.45) is 17.6 Å². The van der Waals surface area contributed by atoms with Crippen molar-refractivity contribution in [3.63, 3.8) is 0 Å². The Bertz CT molecular complexity index is 463. The molecule has 1 aromatic rings. The van der Waals surface area contributed by atoms with E-state index in [1.165, 1.54) is 5.56 Å². The van der Waals surface area contributed by atoms with Crippen LogP contribution in [0.4, 0.5) is 0 Å². The third kappa shape index (κ3) is 4.99. The van der Waals surface area contributed by atoms with Gasteiger partial charge in [-0.2, -0.15) is 0 Å². The molecule has 1 fully saturated rings. The number of nitrogens with zero attached hydrogens (tertiary/aromatic N) is 1. The number of benzene rings is 1. The van der Waals surface area contributed by atoms with Gasteiger partial charge in [0.1, 0.15) is 0 Å². The molecular formula is C18H29ClN2O. The van der Waals surface area contributed by atoms with Gasteiger partial charge in [-0.05, 0) is 23.8 Å². The lowest BCUT2D eigenvalue weighted by Crippen LogP contribution is -2.33. The van der Waals surface area contributed by atoms with Gasteiger partial charge in [0, 0.05) is 31.5 Å². The number of nitrogens with two attached hydrogens (primary N) is 1. The fourth-order valence-electron chi connectivity index (χ4n) is 3.40. The van der Waals surface area contributed by atoms with E-state index in [1.807, 2.05) is 23.1 Å². The second-order valence-electron chi connectivity index (χ2n) is 6.92. The van der Waals surface area contributed by atoms with Crippen molar-refractivity contribution in [2.75, 3.05) is 13.1 Å². The highest BCUT2D eigenvalue weighted by molar-refractivity contribution is 5.85. The Labute approximate surface area is 140 Å². The van der Waals surface area contributed by atoms with E-state index in [9.17, 15) is 4.79 Å². The van der Waals surface area contributed by atoms with Crippen LogP contribution in [0.15, 0.2) is 30.3 Å². The lowest BCUT2D eigenvalue weighted by molar-refractivity contribution is -0.131. The van der Waals surface area contributed by atoms with Gasteiger partial charge in [-0.3, -0.25) is 4.79 Å². The molecule has 4 heteroatoms. The molecule has 2 rings (SSSR count). The molecule has 0 bridgehead atoms. The van der Waals surface area contributed by atoms with Crippen LogP contribution < -0.4 is 5.73 Å². The Morgan fingerprint density at radius 2 is 1.86 bits per heavy atom. The van der Waals surface area contributed by atoms with Crippen molar-refractivity contribution >= 4 is 18.3 Å². The minimum absolute atomic E-state index is 0. The second-order valence-corrected chi connectivity index (χ2v) is 6.92. The zero-order valence-electron chi connectivity index (χ0n) is 13.9. The Balaban J connectivity index is 0.00000242. The number of likely N-dealkylation sites (tertiary alicyclic amines) is 1. The molecule has 1 aromatic carbocycles. The molecule has 1 saturated heterocycles. The van der Waals surface area contributed by atoms with Crippen molar-refractivity contribution in [3.05, 3.63) is 35.9 Å². The van der Waals surface area contributed by atoms with Crippen molar-refractivity contribution in [1.82, 2.24) is 4.90 Å². The molecule has 1 aliphatic rings. The van der Waals surface area contributed by atoms with Gasteiger partial charge in [0.2, 0.25) is 5.91 Å². The number of halogens is 1. The first-order valence-electron chi connectivity index (χ1n) is 8.05. The Kier molecular flexibility index (Phi) is 7.37. The third-order valence-electron chi connectivity index (χ3n) is 4.34. The number of rotatable bonds is 5. The summed E-state index contributed by atoms with van der Waals surface area (Å²) >= 11 is 0. The normalized spacial score (nSPS) is 22.5. The lowest BCUT2D eigenvalue weighted by atomic mass is 9.95. The number of hydrogen-bond donors (Lipinski definition) is 1. The van der Waals surface area contributed by atoms with Gasteiger partial charge in [0.05, 0.1) is 0 Å². The largest absolute Gasteiger partial charge is 0.340 e. The summed E-state index contributed by atoms with van der Waals surface area (Å²) in [7, 11) is 0. The molecule has 3 nitrogen and oxygen atoms in total. The molecule has 1 aliphatic heterocycles. The summed E-state index contributed by atoms with van der Waals surface area (Å²) < 4.78 is 0. The van der Waals surface area contributed by atoms with Crippen LogP contribution in [-0.4, -0.2) is 29.9 Å². The van der Waals surface area contributed by atoms with E-state index in [4.69, 9.17) is 5.73 Å². The number of amides is 1. The van der Waals surface area contributed by atoms with Crippen LogP contribution >= 0.6 is 12.4 Å². The van der Waals surface area contributed by atoms with E-state index in [0.717, 1.165) is 13.0 Å². The summed E-state index contributed by atoms with van der Waals surface area (Å²) in [6.07, 6.45) is 1.75. The smallest absolute Gasteiger partial charge is 0.222 e. The summed E-state index contributed by atoms with van der Waals surface area (Å²) in [6, 6.07) is 10.4. The van der Waals surface area contributed by atoms with Crippen LogP contribution in [0, 0.1) is 11.8 Å². The van der Waals surface area contributed by atoms with Crippen LogP contribution in [0.25, 0.3) is 0 Å². The van der Waals surface area contributed by atoms with Crippen molar-refractivity contribution < 1.29 is 4.79 Å². The SMILES string of the molecule is CC(C)CC(C)CC(=O)N1C[C@@H](N)[C@H](c2ccccc2)C1.Cl. The van der Waals surface area contributed by atoms with Gasteiger partial charge >= 0.3 is 0 Å². The average molecular weight is 325 g/mol. The predicted molar refractivity (Wildman–Crippen MR) is 94.2 cm³/mol. The third-order valence-corrected chi connectivity index (χ3v) is 4.34. The fourth-order valence-corrected chi connectivity index (χ4v) is 3.40. The van der Waals surface area contributed by atoms with Gasteiger partial charge in [-0.1, -0.05) is 51.1 Å². The quantitative estimate of drug-likeness (QED) is 0.902. The average Bonchev–Trinajstić information content (AvgIpc) is 2.81. The Morgan fingerprint density at radius 1 is 1.23 bits per heavy atom. The highest BCUT2D eigenvalue weighted by atomic mass is 35.5. The summed E-state index contributed by atoms with van der Waals surface area (Å²) in [5.41, 5.74) is 7.50. The van der Waals surface area contributed by atoms with Gasteiger partial charge in [0.25, 0.3) is 0 Å². The maximum atomic E-state index is 12.4. The first-order chi connectivity index (χ1) is 9.97. The Hall–Kier alpha value is -1.06. The van der Waals surface area contributed by atoms with E-state index in [0.29, 0.717) is 24.8 Å². The van der Waals surface area contributed by atoms with E-state index < -0.39 is 0 Å². The standard InChI is InChI=1S/C18H28N2O.ClH/c1-13(2)9-14(3)10-18(21)20-11-16(17(19)12-20)15-7-5-4-6-8-15;/h4-8,13-14,16-17H,9-12,19H2,1-3H3;1H/t14?,16-,17+;/m0./s1. The molecule has 1 heterocycles. The van der Waals surface area contributed by atoms with Crippen LogP contribution in [-0.2, 0) is 4.79 Å². The molecule has 0 radical (unpaired) electrons. The van der Waals surface area contributed by atoms with Crippen LogP contribution in [0.2, 0.25) is 0 Å². The molecule has 1 amide bonds. The van der Waals surface area contributed by atoms with E-state index in [1.54, 1.807) is 0 Å². The molecule has 0 aromatic heterocycles. The fraction of sp³-hybridized carbons (Fsp3) is 0.611. The molecule has 0 aliphatic carbocycles. The van der Waals surface area contributed by atoms with Crippen molar-refractivity contribution in [2.45, 2.75) is 45.6 Å². The zero-order valence-corrected chi connectivity index (χ0v) is 14.7. The molecular weight excluding hydrogens is 296 g/mol. The molecule has 3 atom stereocenters. The number of carbonyl (C=O) groups excluding carboxylic acids is 1. The van der Waals surface area contributed by atoms with E-state index in [2.05, 4.69) is 32.9 Å². The van der Waals surface area contributed by atoms with E-state index >= 15 is 0 Å². The van der Waals surface area contributed by atoms with Crippen molar-refractivity contribution in [1.29, 1.82) is 0 Å². The number of carbonyl (C=O) groups is 1. The molecule has 1 unspecified atom stereocenters. The maximum absolute atomic E-state index is 12.4. The maximum Gasteiger partial charge on any atom is 0.222 e. The lowest BCUT2D eigenvalue weighted by Gasteiger charge is -2.20. The number of hydrogen-bond acceptors (Lipinski definition) is 2. The van der Waals surface area contributed by atoms with Gasteiger partial charge < -0.3 is 10.6 Å². The van der Waals surface area contributed by atoms with E-state index in [-0.39, 0.29) is 30.3 Å². The summed E-state index contributed by atoms with van der Waals surface area (Å²) in [5, 5.41) is 0. The van der Waals surface area contributed by atoms with Gasteiger partial charge in [0.15, 0.2) is 0 Å². The van der Waals surface area contributed by atoms with Crippen LogP contribution in [0.3, 0.4) is 0 Å². The second kappa shape index (κ2) is 8.54. The first-order valence-corrected chi connectivity index (χ1v) is 8.05. The first kappa shape index (κ1) is 19.0. The van der Waals surface area contributed by atoms with Crippen LogP contribution in [0.1, 0.15) is 45.1 Å². The summed E-state index contributed by atoms with van der Waals surface area (Å²) in [4.78, 5) is 14.4. The summed E-state index contributed by atoms with van der Waals surface area (Å²) in [6.45, 7) is 8.03. The van der Waals surface area contributed by atoms with Gasteiger partial charge in [-0.15, -0.1) is 12.4 Å². The molecule has 22 heavy (non-hydrogen) atoms. The molecule has 2 N–H and O–H groups in total. The molecule has 0 spiro atoms. The Morgan fingerprint density at radius 3 is 2.45 bits per heavy atom. The predicted octanol–water partition coefficient (Wildman–Crippen LogP) is 3.43. The topological polar surface area (TPSA) is 46.3 Å². The highest BCUT2D eigenvalue weighted by Crippen LogP contribution is 2.27. The van der Waals surface area contributed by atoms with Crippen molar-refractivity contribution in [3.8, 4) is 0 Å². The molecule has 124 valence electrons. The summed E-state index contributed by atoms with van der Waals surface area (Å²) in [5.74, 6) is 1.63. The monoisotopic (exact) mass is 324 g/mol.